The molecule has 3 heteroatoms. The van der Waals surface area contributed by atoms with Gasteiger partial charge in [0.25, 0.3) is 0 Å². The Hall–Kier alpha value is -1.06. The molecule has 1 aliphatic rings. The van der Waals surface area contributed by atoms with Crippen LogP contribution in [0.5, 0.6) is 5.75 Å². The minimum absolute atomic E-state index is 0.213. The van der Waals surface area contributed by atoms with E-state index in [0.29, 0.717) is 5.75 Å². The summed E-state index contributed by atoms with van der Waals surface area (Å²) in [6, 6.07) is 7.77. The molecule has 0 bridgehead atoms. The molecule has 1 saturated heterocycles. The molecule has 0 amide bonds. The number of phenols is 1. The number of hydrogen-bond donors (Lipinski definition) is 2. The third kappa shape index (κ3) is 3.72. The average Bonchev–Trinajstić information content (AvgIpc) is 2.88. The van der Waals surface area contributed by atoms with Gasteiger partial charge in [-0.1, -0.05) is 18.2 Å². The monoisotopic (exact) mass is 248 g/mol. The zero-order valence-corrected chi connectivity index (χ0v) is 11.2. The van der Waals surface area contributed by atoms with Crippen LogP contribution in [0.25, 0.3) is 0 Å². The summed E-state index contributed by atoms with van der Waals surface area (Å²) >= 11 is 0. The van der Waals surface area contributed by atoms with E-state index in [1.54, 1.807) is 6.07 Å². The number of aromatic hydroxyl groups is 1. The summed E-state index contributed by atoms with van der Waals surface area (Å²) in [5, 5.41) is 13.2. The molecule has 0 spiro atoms. The van der Waals surface area contributed by atoms with Crippen molar-refractivity contribution in [1.82, 2.24) is 10.2 Å². The Labute approximate surface area is 110 Å². The van der Waals surface area contributed by atoms with Crippen LogP contribution in [0.1, 0.15) is 37.8 Å². The SMILES string of the molecule is CC(NCCCN1CCCC1)c1ccccc1O. The van der Waals surface area contributed by atoms with Crippen LogP contribution < -0.4 is 5.32 Å². The molecular weight excluding hydrogens is 224 g/mol. The number of phenolic OH excluding ortho intramolecular Hbond substituents is 1. The van der Waals surface area contributed by atoms with E-state index in [1.807, 2.05) is 18.2 Å². The van der Waals surface area contributed by atoms with Crippen molar-refractivity contribution in [2.75, 3.05) is 26.2 Å². The van der Waals surface area contributed by atoms with Crippen molar-refractivity contribution in [3.05, 3.63) is 29.8 Å². The quantitative estimate of drug-likeness (QED) is 0.759. The molecule has 0 saturated carbocycles. The van der Waals surface area contributed by atoms with Crippen molar-refractivity contribution >= 4 is 0 Å². The predicted octanol–water partition coefficient (Wildman–Crippen LogP) is 2.53. The second-order valence-corrected chi connectivity index (χ2v) is 5.14. The van der Waals surface area contributed by atoms with E-state index >= 15 is 0 Å². The highest BCUT2D eigenvalue weighted by atomic mass is 16.3. The van der Waals surface area contributed by atoms with Crippen molar-refractivity contribution in [2.45, 2.75) is 32.2 Å². The molecule has 100 valence electrons. The number of likely N-dealkylation sites (tertiary alicyclic amines) is 1. The van der Waals surface area contributed by atoms with Gasteiger partial charge in [0.05, 0.1) is 0 Å². The normalized spacial score (nSPS) is 18.1. The standard InChI is InChI=1S/C15H24N2O/c1-13(14-7-2-3-8-15(14)18)16-9-6-12-17-10-4-5-11-17/h2-3,7-8,13,16,18H,4-6,9-12H2,1H3. The lowest BCUT2D eigenvalue weighted by molar-refractivity contribution is 0.328. The van der Waals surface area contributed by atoms with Crippen LogP contribution in [0.3, 0.4) is 0 Å². The van der Waals surface area contributed by atoms with Crippen molar-refractivity contribution in [3.63, 3.8) is 0 Å². The molecule has 2 rings (SSSR count). The molecular formula is C15H24N2O. The third-order valence-electron chi connectivity index (χ3n) is 3.70. The molecule has 1 aliphatic heterocycles. The number of hydrogen-bond acceptors (Lipinski definition) is 3. The minimum atomic E-state index is 0.213. The van der Waals surface area contributed by atoms with E-state index in [1.165, 1.54) is 38.9 Å². The van der Waals surface area contributed by atoms with Gasteiger partial charge in [-0.15, -0.1) is 0 Å². The highest BCUT2D eigenvalue weighted by Crippen LogP contribution is 2.22. The molecule has 1 fully saturated rings. The van der Waals surface area contributed by atoms with E-state index in [2.05, 4.69) is 17.1 Å². The molecule has 0 aliphatic carbocycles. The van der Waals surface area contributed by atoms with Gasteiger partial charge >= 0.3 is 0 Å². The van der Waals surface area contributed by atoms with E-state index in [-0.39, 0.29) is 6.04 Å². The fourth-order valence-corrected chi connectivity index (χ4v) is 2.59. The Morgan fingerprint density at radius 2 is 2.00 bits per heavy atom. The summed E-state index contributed by atoms with van der Waals surface area (Å²) in [7, 11) is 0. The summed E-state index contributed by atoms with van der Waals surface area (Å²) < 4.78 is 0. The Kier molecular flexibility index (Phi) is 5.02. The van der Waals surface area contributed by atoms with Crippen LogP contribution in [0.2, 0.25) is 0 Å². The molecule has 0 aromatic heterocycles. The third-order valence-corrected chi connectivity index (χ3v) is 3.70. The Balaban J connectivity index is 1.68. The largest absolute Gasteiger partial charge is 0.508 e. The van der Waals surface area contributed by atoms with Crippen LogP contribution in [0.15, 0.2) is 24.3 Å². The summed E-state index contributed by atoms with van der Waals surface area (Å²) in [5.41, 5.74) is 0.985. The molecule has 1 unspecified atom stereocenters. The molecule has 1 atom stereocenters. The first-order chi connectivity index (χ1) is 8.77. The first kappa shape index (κ1) is 13.4. The summed E-state index contributed by atoms with van der Waals surface area (Å²) in [5.74, 6) is 0.386. The molecule has 3 nitrogen and oxygen atoms in total. The van der Waals surface area contributed by atoms with Crippen LogP contribution in [-0.4, -0.2) is 36.2 Å². The lowest BCUT2D eigenvalue weighted by Gasteiger charge is -2.18. The van der Waals surface area contributed by atoms with Crippen molar-refractivity contribution in [1.29, 1.82) is 0 Å². The fourth-order valence-electron chi connectivity index (χ4n) is 2.59. The topological polar surface area (TPSA) is 35.5 Å². The summed E-state index contributed by atoms with van der Waals surface area (Å²) in [6.45, 7) is 6.85. The highest BCUT2D eigenvalue weighted by Gasteiger charge is 2.11. The number of para-hydroxylation sites is 1. The van der Waals surface area contributed by atoms with E-state index in [0.717, 1.165) is 12.1 Å². The van der Waals surface area contributed by atoms with Gasteiger partial charge in [0.15, 0.2) is 0 Å². The first-order valence-electron chi connectivity index (χ1n) is 7.01. The van der Waals surface area contributed by atoms with Crippen LogP contribution in [0.4, 0.5) is 0 Å². The summed E-state index contributed by atoms with van der Waals surface area (Å²) in [4.78, 5) is 2.53. The van der Waals surface area contributed by atoms with Gasteiger partial charge in [-0.2, -0.15) is 0 Å². The molecule has 1 aromatic rings. The van der Waals surface area contributed by atoms with Crippen LogP contribution >= 0.6 is 0 Å². The van der Waals surface area contributed by atoms with E-state index in [9.17, 15) is 5.11 Å². The maximum atomic E-state index is 9.76. The van der Waals surface area contributed by atoms with Gasteiger partial charge in [-0.3, -0.25) is 0 Å². The predicted molar refractivity (Wildman–Crippen MR) is 74.8 cm³/mol. The van der Waals surface area contributed by atoms with Crippen molar-refractivity contribution in [2.24, 2.45) is 0 Å². The summed E-state index contributed by atoms with van der Waals surface area (Å²) in [6.07, 6.45) is 3.90. The number of nitrogens with one attached hydrogen (secondary N) is 1. The maximum absolute atomic E-state index is 9.76. The molecule has 2 N–H and O–H groups in total. The fraction of sp³-hybridized carbons (Fsp3) is 0.600. The van der Waals surface area contributed by atoms with Gasteiger partial charge < -0.3 is 15.3 Å². The van der Waals surface area contributed by atoms with E-state index < -0.39 is 0 Å². The minimum Gasteiger partial charge on any atom is -0.508 e. The second-order valence-electron chi connectivity index (χ2n) is 5.14. The Morgan fingerprint density at radius 3 is 2.72 bits per heavy atom. The maximum Gasteiger partial charge on any atom is 0.120 e. The lowest BCUT2D eigenvalue weighted by atomic mass is 10.1. The second kappa shape index (κ2) is 6.76. The zero-order valence-electron chi connectivity index (χ0n) is 11.2. The Bertz CT molecular complexity index is 361. The smallest absolute Gasteiger partial charge is 0.120 e. The van der Waals surface area contributed by atoms with Gasteiger partial charge in [-0.05, 0) is 58.4 Å². The Morgan fingerprint density at radius 1 is 1.28 bits per heavy atom. The first-order valence-corrected chi connectivity index (χ1v) is 7.01. The van der Waals surface area contributed by atoms with Crippen LogP contribution in [0, 0.1) is 0 Å². The molecule has 1 heterocycles. The van der Waals surface area contributed by atoms with Gasteiger partial charge in [0.2, 0.25) is 0 Å². The van der Waals surface area contributed by atoms with E-state index in [4.69, 9.17) is 0 Å². The van der Waals surface area contributed by atoms with Crippen molar-refractivity contribution < 1.29 is 5.11 Å². The zero-order chi connectivity index (χ0) is 12.8. The number of nitrogens with zero attached hydrogens (tertiary/aromatic N) is 1. The lowest BCUT2D eigenvalue weighted by Crippen LogP contribution is -2.26. The van der Waals surface area contributed by atoms with Gasteiger partial charge in [0.1, 0.15) is 5.75 Å². The number of rotatable bonds is 6. The highest BCUT2D eigenvalue weighted by molar-refractivity contribution is 5.34. The average molecular weight is 248 g/mol. The number of benzene rings is 1. The van der Waals surface area contributed by atoms with Gasteiger partial charge in [0, 0.05) is 11.6 Å². The molecule has 0 radical (unpaired) electrons. The van der Waals surface area contributed by atoms with Gasteiger partial charge in [-0.25, -0.2) is 0 Å². The molecule has 1 aromatic carbocycles. The van der Waals surface area contributed by atoms with Crippen LogP contribution in [-0.2, 0) is 0 Å². The van der Waals surface area contributed by atoms with Crippen molar-refractivity contribution in [3.8, 4) is 5.75 Å². The molecule has 18 heavy (non-hydrogen) atoms.